The predicted octanol–water partition coefficient (Wildman–Crippen LogP) is 4.92. The molecule has 2 aliphatic heterocycles. The summed E-state index contributed by atoms with van der Waals surface area (Å²) < 4.78 is 12.4. The molecule has 0 aromatic rings. The zero-order valence-corrected chi connectivity index (χ0v) is 22.3. The molecule has 5 fully saturated rings. The molecule has 2 saturated heterocycles. The molecule has 0 aromatic carbocycles. The Hall–Kier alpha value is -1.24. The third-order valence-corrected chi connectivity index (χ3v) is 9.25. The first kappa shape index (κ1) is 24.9. The maximum Gasteiger partial charge on any atom is 0.408 e. The lowest BCUT2D eigenvalue weighted by atomic mass is 9.41. The number of likely N-dealkylation sites (tertiary alicyclic amines) is 1. The van der Waals surface area contributed by atoms with E-state index in [2.05, 4.69) is 26.1 Å². The molecule has 3 aliphatic carbocycles. The number of carbonyl (C=O) groups is 2. The standard InChI is InChI=1S/C26H45BN2O4/c1-23(2,3)20(28-22(31)32-24(4,5)6)21(30)29-12-10-11-19(29)27-15-17-13-16-14-18(25(16,7)8)26(17,9)33-27/h16-20H,10-15H2,1-9H3,(H,28,31)/t16?,17-,18?,19-,20+,26+/m0/s1. The minimum atomic E-state index is -0.640. The fourth-order valence-corrected chi connectivity index (χ4v) is 7.34. The van der Waals surface area contributed by atoms with Crippen LogP contribution in [-0.2, 0) is 14.2 Å². The third kappa shape index (κ3) is 4.32. The van der Waals surface area contributed by atoms with Crippen LogP contribution in [0.25, 0.3) is 0 Å². The molecule has 7 heteroatoms. The van der Waals surface area contributed by atoms with E-state index in [1.54, 1.807) is 0 Å². The summed E-state index contributed by atoms with van der Waals surface area (Å²) in [5.41, 5.74) is -0.745. The molecule has 1 N–H and O–H groups in total. The van der Waals surface area contributed by atoms with E-state index in [1.165, 1.54) is 12.8 Å². The Morgan fingerprint density at radius 1 is 1.09 bits per heavy atom. The number of nitrogens with zero attached hydrogens (tertiary/aromatic N) is 1. The largest absolute Gasteiger partial charge is 0.444 e. The molecule has 0 spiro atoms. The van der Waals surface area contributed by atoms with Gasteiger partial charge in [0, 0.05) is 12.5 Å². The van der Waals surface area contributed by atoms with Crippen LogP contribution < -0.4 is 5.32 Å². The van der Waals surface area contributed by atoms with Crippen LogP contribution in [0, 0.1) is 28.6 Å². The number of carbonyl (C=O) groups excluding carboxylic acids is 2. The van der Waals surface area contributed by atoms with E-state index in [4.69, 9.17) is 9.39 Å². The van der Waals surface area contributed by atoms with Gasteiger partial charge >= 0.3 is 13.0 Å². The highest BCUT2D eigenvalue weighted by molar-refractivity contribution is 6.55. The van der Waals surface area contributed by atoms with Crippen LogP contribution in [0.4, 0.5) is 4.79 Å². The van der Waals surface area contributed by atoms with E-state index in [0.717, 1.165) is 31.6 Å². The Balaban J connectivity index is 1.49. The second kappa shape index (κ2) is 7.89. The number of alkyl carbamates (subject to hydrolysis) is 1. The summed E-state index contributed by atoms with van der Waals surface area (Å²) >= 11 is 0. The molecule has 0 radical (unpaired) electrons. The van der Waals surface area contributed by atoms with E-state index < -0.39 is 23.2 Å². The molecule has 5 rings (SSSR count). The Morgan fingerprint density at radius 2 is 1.76 bits per heavy atom. The number of nitrogens with one attached hydrogen (secondary N) is 1. The van der Waals surface area contributed by atoms with Gasteiger partial charge in [-0.2, -0.15) is 0 Å². The summed E-state index contributed by atoms with van der Waals surface area (Å²) in [5.74, 6) is 2.10. The van der Waals surface area contributed by atoms with Crippen molar-refractivity contribution >= 4 is 18.9 Å². The van der Waals surface area contributed by atoms with E-state index >= 15 is 0 Å². The van der Waals surface area contributed by atoms with Gasteiger partial charge in [-0.15, -0.1) is 0 Å². The van der Waals surface area contributed by atoms with Gasteiger partial charge in [0.05, 0.1) is 5.60 Å². The predicted molar refractivity (Wildman–Crippen MR) is 131 cm³/mol. The fourth-order valence-electron chi connectivity index (χ4n) is 7.34. The molecule has 186 valence electrons. The Kier molecular flexibility index (Phi) is 5.95. The summed E-state index contributed by atoms with van der Waals surface area (Å²) in [7, 11) is 0. The summed E-state index contributed by atoms with van der Waals surface area (Å²) in [5, 5.41) is 2.89. The summed E-state index contributed by atoms with van der Waals surface area (Å²) in [6.07, 6.45) is 5.00. The van der Waals surface area contributed by atoms with Crippen LogP contribution in [0.15, 0.2) is 0 Å². The lowest BCUT2D eigenvalue weighted by molar-refractivity contribution is -0.197. The van der Waals surface area contributed by atoms with Gasteiger partial charge in [-0.05, 0) is 88.3 Å². The SMILES string of the molecule is CC(C)(C)OC(=O)N[C@H](C(=O)N1CCC[C@H]1B1C[C@@H]2CC3CC(C3(C)C)[C@]2(C)O1)C(C)(C)C. The second-order valence-corrected chi connectivity index (χ2v) is 14.0. The highest BCUT2D eigenvalue weighted by Crippen LogP contribution is 2.68. The molecule has 33 heavy (non-hydrogen) atoms. The van der Waals surface area contributed by atoms with Gasteiger partial charge in [0.2, 0.25) is 5.91 Å². The zero-order valence-electron chi connectivity index (χ0n) is 22.3. The minimum absolute atomic E-state index is 0.0101. The molecule has 0 aromatic heterocycles. The van der Waals surface area contributed by atoms with Crippen molar-refractivity contribution in [2.45, 2.75) is 118 Å². The number of amides is 2. The van der Waals surface area contributed by atoms with Gasteiger partial charge in [0.15, 0.2) is 0 Å². The molecule has 6 nitrogen and oxygen atoms in total. The lowest BCUT2D eigenvalue weighted by Gasteiger charge is -2.65. The van der Waals surface area contributed by atoms with E-state index in [-0.39, 0.29) is 24.4 Å². The topological polar surface area (TPSA) is 67.9 Å². The highest BCUT2D eigenvalue weighted by Gasteiger charge is 2.67. The number of rotatable bonds is 3. The Morgan fingerprint density at radius 3 is 2.33 bits per heavy atom. The Bertz CT molecular complexity index is 801. The van der Waals surface area contributed by atoms with Crippen molar-refractivity contribution in [2.24, 2.45) is 28.6 Å². The van der Waals surface area contributed by atoms with Crippen LogP contribution >= 0.6 is 0 Å². The van der Waals surface area contributed by atoms with Crippen molar-refractivity contribution in [1.29, 1.82) is 0 Å². The maximum atomic E-state index is 13.8. The van der Waals surface area contributed by atoms with Crippen LogP contribution in [0.1, 0.15) is 88.0 Å². The monoisotopic (exact) mass is 460 g/mol. The van der Waals surface area contributed by atoms with Gasteiger partial charge < -0.3 is 19.6 Å². The number of hydrogen-bond donors (Lipinski definition) is 1. The van der Waals surface area contributed by atoms with Crippen molar-refractivity contribution in [3.63, 3.8) is 0 Å². The smallest absolute Gasteiger partial charge is 0.408 e. The molecule has 5 aliphatic rings. The molecular weight excluding hydrogens is 415 g/mol. The maximum absolute atomic E-state index is 13.8. The second-order valence-electron chi connectivity index (χ2n) is 14.0. The quantitative estimate of drug-likeness (QED) is 0.608. The van der Waals surface area contributed by atoms with Gasteiger partial charge in [-0.25, -0.2) is 4.79 Å². The van der Waals surface area contributed by atoms with Gasteiger partial charge in [0.25, 0.3) is 0 Å². The van der Waals surface area contributed by atoms with Crippen molar-refractivity contribution < 1.29 is 19.0 Å². The average molecular weight is 460 g/mol. The first-order valence-corrected chi connectivity index (χ1v) is 13.0. The molecule has 2 unspecified atom stereocenters. The third-order valence-electron chi connectivity index (χ3n) is 9.25. The summed E-state index contributed by atoms with van der Waals surface area (Å²) in [6.45, 7) is 19.5. The zero-order chi connectivity index (χ0) is 24.6. The van der Waals surface area contributed by atoms with E-state index in [9.17, 15) is 9.59 Å². The summed E-state index contributed by atoms with van der Waals surface area (Å²) in [4.78, 5) is 28.4. The van der Waals surface area contributed by atoms with E-state index in [1.807, 2.05) is 46.4 Å². The summed E-state index contributed by atoms with van der Waals surface area (Å²) in [6, 6.07) is -0.640. The van der Waals surface area contributed by atoms with Crippen LogP contribution in [0.2, 0.25) is 6.32 Å². The number of hydrogen-bond acceptors (Lipinski definition) is 4. The van der Waals surface area contributed by atoms with Gasteiger partial charge in [-0.1, -0.05) is 34.6 Å². The van der Waals surface area contributed by atoms with Crippen LogP contribution in [-0.4, -0.2) is 53.5 Å². The van der Waals surface area contributed by atoms with Gasteiger partial charge in [0.1, 0.15) is 11.6 Å². The minimum Gasteiger partial charge on any atom is -0.444 e. The molecule has 2 heterocycles. The molecule has 2 amide bonds. The lowest BCUT2D eigenvalue weighted by Crippen LogP contribution is -2.63. The molecular formula is C26H45BN2O4. The average Bonchev–Trinajstić information content (AvgIpc) is 3.26. The fraction of sp³-hybridized carbons (Fsp3) is 0.923. The van der Waals surface area contributed by atoms with Crippen LogP contribution in [0.5, 0.6) is 0 Å². The number of ether oxygens (including phenoxy) is 1. The first-order chi connectivity index (χ1) is 15.0. The van der Waals surface area contributed by atoms with E-state index in [0.29, 0.717) is 17.3 Å². The van der Waals surface area contributed by atoms with Crippen molar-refractivity contribution in [3.05, 3.63) is 0 Å². The van der Waals surface area contributed by atoms with Crippen molar-refractivity contribution in [1.82, 2.24) is 10.2 Å². The van der Waals surface area contributed by atoms with Gasteiger partial charge in [-0.3, -0.25) is 4.79 Å². The normalized spacial score (nSPS) is 36.2. The molecule has 2 bridgehead atoms. The highest BCUT2D eigenvalue weighted by atomic mass is 16.6. The van der Waals surface area contributed by atoms with Crippen molar-refractivity contribution in [3.8, 4) is 0 Å². The van der Waals surface area contributed by atoms with Crippen LogP contribution in [0.3, 0.4) is 0 Å². The first-order valence-electron chi connectivity index (χ1n) is 13.0. The molecule has 6 atom stereocenters. The van der Waals surface area contributed by atoms with Crippen molar-refractivity contribution in [2.75, 3.05) is 6.54 Å². The molecule has 3 saturated carbocycles. The Labute approximate surface area is 201 Å².